The van der Waals surface area contributed by atoms with Gasteiger partial charge in [0.2, 0.25) is 0 Å². The van der Waals surface area contributed by atoms with Crippen LogP contribution in [0.2, 0.25) is 0 Å². The van der Waals surface area contributed by atoms with Gasteiger partial charge in [-0.05, 0) is 24.5 Å². The maximum Gasteiger partial charge on any atom is 0.125 e. The van der Waals surface area contributed by atoms with E-state index in [1.807, 2.05) is 12.1 Å². The second-order valence-electron chi connectivity index (χ2n) is 4.52. The fourth-order valence-electron chi connectivity index (χ4n) is 1.32. The number of hydrogen-bond donors (Lipinski definition) is 2. The molecular formula is C13H21N3OS. The van der Waals surface area contributed by atoms with Crippen molar-refractivity contribution in [2.75, 3.05) is 25.1 Å². The average Bonchev–Trinajstić information content (AvgIpc) is 2.34. The van der Waals surface area contributed by atoms with E-state index in [-0.39, 0.29) is 0 Å². The molecule has 4 nitrogen and oxygen atoms in total. The summed E-state index contributed by atoms with van der Waals surface area (Å²) in [6.45, 7) is 6.63. The molecular weight excluding hydrogens is 246 g/mol. The maximum absolute atomic E-state index is 5.50. The average molecular weight is 267 g/mol. The summed E-state index contributed by atoms with van der Waals surface area (Å²) in [6.07, 6.45) is 2.77. The first-order valence-corrected chi connectivity index (χ1v) is 6.58. The van der Waals surface area contributed by atoms with E-state index >= 15 is 0 Å². The third kappa shape index (κ3) is 5.93. The van der Waals surface area contributed by atoms with Crippen molar-refractivity contribution < 1.29 is 4.74 Å². The summed E-state index contributed by atoms with van der Waals surface area (Å²) in [6, 6.07) is 3.72. The number of nitrogens with zero attached hydrogens (tertiary/aromatic N) is 1. The Kier molecular flexibility index (Phi) is 6.60. The lowest BCUT2D eigenvalue weighted by atomic mass is 10.1. The molecule has 0 saturated carbocycles. The molecule has 1 rings (SSSR count). The highest BCUT2D eigenvalue weighted by Crippen LogP contribution is 2.04. The Balaban J connectivity index is 2.17. The van der Waals surface area contributed by atoms with E-state index < -0.39 is 0 Å². The largest absolute Gasteiger partial charge is 0.389 e. The molecule has 5 heteroatoms. The van der Waals surface area contributed by atoms with Crippen molar-refractivity contribution in [1.82, 2.24) is 4.98 Å². The van der Waals surface area contributed by atoms with Crippen LogP contribution in [0.5, 0.6) is 0 Å². The lowest BCUT2D eigenvalue weighted by molar-refractivity contribution is 0.132. The first-order chi connectivity index (χ1) is 8.59. The van der Waals surface area contributed by atoms with Gasteiger partial charge in [-0.15, -0.1) is 0 Å². The quantitative estimate of drug-likeness (QED) is 0.558. The molecule has 0 amide bonds. The van der Waals surface area contributed by atoms with Crippen LogP contribution in [0.25, 0.3) is 0 Å². The summed E-state index contributed by atoms with van der Waals surface area (Å²) >= 11 is 4.86. The second kappa shape index (κ2) is 8.00. The highest BCUT2D eigenvalue weighted by molar-refractivity contribution is 7.80. The third-order valence-electron chi connectivity index (χ3n) is 2.44. The number of pyridine rings is 1. The Morgan fingerprint density at radius 1 is 1.44 bits per heavy atom. The van der Waals surface area contributed by atoms with Crippen molar-refractivity contribution in [2.24, 2.45) is 11.7 Å². The predicted molar refractivity (Wildman–Crippen MR) is 78.9 cm³/mol. The zero-order valence-corrected chi connectivity index (χ0v) is 11.8. The van der Waals surface area contributed by atoms with Crippen molar-refractivity contribution in [3.8, 4) is 0 Å². The minimum absolute atomic E-state index is 0.367. The van der Waals surface area contributed by atoms with Crippen LogP contribution >= 0.6 is 12.2 Å². The van der Waals surface area contributed by atoms with E-state index in [1.165, 1.54) is 0 Å². The van der Waals surface area contributed by atoms with Gasteiger partial charge >= 0.3 is 0 Å². The number of ether oxygens (including phenoxy) is 1. The normalized spacial score (nSPS) is 10.6. The van der Waals surface area contributed by atoms with E-state index in [0.717, 1.165) is 31.0 Å². The monoisotopic (exact) mass is 267 g/mol. The van der Waals surface area contributed by atoms with E-state index in [0.29, 0.717) is 17.5 Å². The summed E-state index contributed by atoms with van der Waals surface area (Å²) < 4.78 is 5.50. The molecule has 1 aromatic heterocycles. The Morgan fingerprint density at radius 3 is 2.78 bits per heavy atom. The van der Waals surface area contributed by atoms with E-state index in [1.54, 1.807) is 6.20 Å². The lowest BCUT2D eigenvalue weighted by Crippen LogP contribution is -2.13. The summed E-state index contributed by atoms with van der Waals surface area (Å²) in [4.78, 5) is 4.58. The highest BCUT2D eigenvalue weighted by atomic mass is 32.1. The molecule has 0 fully saturated rings. The molecule has 0 aliphatic rings. The number of nitrogens with two attached hydrogens (primary N) is 1. The molecule has 0 bridgehead atoms. The summed E-state index contributed by atoms with van der Waals surface area (Å²) in [5.74, 6) is 1.50. The zero-order valence-electron chi connectivity index (χ0n) is 11.0. The predicted octanol–water partition coefficient (Wildman–Crippen LogP) is 2.19. The van der Waals surface area contributed by atoms with Gasteiger partial charge in [0.15, 0.2) is 0 Å². The van der Waals surface area contributed by atoms with Crippen LogP contribution in [0.1, 0.15) is 25.8 Å². The van der Waals surface area contributed by atoms with Gasteiger partial charge in [-0.1, -0.05) is 26.1 Å². The molecule has 3 N–H and O–H groups in total. The fourth-order valence-corrected chi connectivity index (χ4v) is 1.44. The molecule has 1 aromatic rings. The van der Waals surface area contributed by atoms with Crippen molar-refractivity contribution >= 4 is 23.0 Å². The number of anilines is 1. The van der Waals surface area contributed by atoms with Crippen molar-refractivity contribution in [3.05, 3.63) is 23.9 Å². The zero-order chi connectivity index (χ0) is 13.4. The third-order valence-corrected chi connectivity index (χ3v) is 2.68. The lowest BCUT2D eigenvalue weighted by Gasteiger charge is -2.08. The van der Waals surface area contributed by atoms with Crippen LogP contribution in [0, 0.1) is 5.92 Å². The molecule has 0 aliphatic carbocycles. The summed E-state index contributed by atoms with van der Waals surface area (Å²) in [5, 5.41) is 3.18. The van der Waals surface area contributed by atoms with Crippen LogP contribution in [0.3, 0.4) is 0 Å². The van der Waals surface area contributed by atoms with Crippen LogP contribution in [0.4, 0.5) is 5.82 Å². The number of thiocarbonyl (C=S) groups is 1. The first kappa shape index (κ1) is 14.9. The molecule has 0 radical (unpaired) electrons. The number of nitrogens with one attached hydrogen (secondary N) is 1. The molecule has 0 unspecified atom stereocenters. The first-order valence-electron chi connectivity index (χ1n) is 6.17. The molecule has 18 heavy (non-hydrogen) atoms. The second-order valence-corrected chi connectivity index (χ2v) is 4.96. The topological polar surface area (TPSA) is 60.2 Å². The molecule has 0 aromatic carbocycles. The van der Waals surface area contributed by atoms with Gasteiger partial charge in [0.1, 0.15) is 10.8 Å². The Hall–Kier alpha value is -1.20. The van der Waals surface area contributed by atoms with Gasteiger partial charge in [-0.3, -0.25) is 0 Å². The molecule has 0 spiro atoms. The van der Waals surface area contributed by atoms with Crippen LogP contribution in [-0.4, -0.2) is 29.7 Å². The summed E-state index contributed by atoms with van der Waals surface area (Å²) in [7, 11) is 0. The van der Waals surface area contributed by atoms with Gasteiger partial charge in [0.05, 0.1) is 6.61 Å². The minimum Gasteiger partial charge on any atom is -0.389 e. The van der Waals surface area contributed by atoms with Crippen LogP contribution in [-0.2, 0) is 4.74 Å². The van der Waals surface area contributed by atoms with Crippen molar-refractivity contribution in [2.45, 2.75) is 20.3 Å². The van der Waals surface area contributed by atoms with Gasteiger partial charge < -0.3 is 15.8 Å². The molecule has 100 valence electrons. The van der Waals surface area contributed by atoms with Crippen molar-refractivity contribution in [1.29, 1.82) is 0 Å². The SMILES string of the molecule is CC(C)CCOCCNc1ccc(C(N)=S)cn1. The van der Waals surface area contributed by atoms with E-state index in [2.05, 4.69) is 24.1 Å². The number of hydrogen-bond acceptors (Lipinski definition) is 4. The Bertz CT molecular complexity index is 365. The standard InChI is InChI=1S/C13H21N3OS/c1-10(2)5-7-17-8-6-15-12-4-3-11(9-16-12)13(14)18/h3-4,9-10H,5-8H2,1-2H3,(H2,14,18)(H,15,16). The van der Waals surface area contributed by atoms with Gasteiger partial charge in [0.25, 0.3) is 0 Å². The molecule has 0 atom stereocenters. The van der Waals surface area contributed by atoms with Gasteiger partial charge in [-0.2, -0.15) is 0 Å². The molecule has 0 saturated heterocycles. The number of rotatable bonds is 8. The highest BCUT2D eigenvalue weighted by Gasteiger charge is 1.98. The fraction of sp³-hybridized carbons (Fsp3) is 0.538. The van der Waals surface area contributed by atoms with E-state index in [4.69, 9.17) is 22.7 Å². The van der Waals surface area contributed by atoms with Crippen molar-refractivity contribution in [3.63, 3.8) is 0 Å². The Labute approximate surface area is 114 Å². The maximum atomic E-state index is 5.50. The Morgan fingerprint density at radius 2 is 2.22 bits per heavy atom. The van der Waals surface area contributed by atoms with Crippen LogP contribution < -0.4 is 11.1 Å². The smallest absolute Gasteiger partial charge is 0.125 e. The summed E-state index contributed by atoms with van der Waals surface area (Å²) in [5.41, 5.74) is 6.28. The molecule has 1 heterocycles. The molecule has 0 aliphatic heterocycles. The van der Waals surface area contributed by atoms with Gasteiger partial charge in [-0.25, -0.2) is 4.98 Å². The van der Waals surface area contributed by atoms with E-state index in [9.17, 15) is 0 Å². The van der Waals surface area contributed by atoms with Gasteiger partial charge in [0, 0.05) is 24.9 Å². The van der Waals surface area contributed by atoms with Crippen LogP contribution in [0.15, 0.2) is 18.3 Å². The minimum atomic E-state index is 0.367. The number of aromatic nitrogens is 1.